The fourth-order valence-corrected chi connectivity index (χ4v) is 3.30. The lowest BCUT2D eigenvalue weighted by Gasteiger charge is -2.32. The van der Waals surface area contributed by atoms with Gasteiger partial charge in [0.05, 0.1) is 19.6 Å². The number of carbonyl (C=O) groups is 3. The maximum absolute atomic E-state index is 12.4. The number of hydrogen-bond acceptors (Lipinski definition) is 10. The Morgan fingerprint density at radius 3 is 1.53 bits per heavy atom. The Kier molecular flexibility index (Phi) is 9.71. The summed E-state index contributed by atoms with van der Waals surface area (Å²) in [5.41, 5.74) is 0. The number of hydrogen-bond donors (Lipinski definition) is 4. The average molecular weight is 457 g/mol. The van der Waals surface area contributed by atoms with E-state index in [1.54, 1.807) is 9.80 Å². The lowest BCUT2D eigenvalue weighted by molar-refractivity contribution is -0.147. The highest BCUT2D eigenvalue weighted by Crippen LogP contribution is 2.18. The molecule has 13 heteroatoms. The summed E-state index contributed by atoms with van der Waals surface area (Å²) in [6, 6.07) is 2.37. The fourth-order valence-electron chi connectivity index (χ4n) is 3.30. The molecule has 1 fully saturated rings. The Labute approximate surface area is 185 Å². The van der Waals surface area contributed by atoms with Gasteiger partial charge in [0.25, 0.3) is 0 Å². The number of carboxylic acids is 2. The summed E-state index contributed by atoms with van der Waals surface area (Å²) in [4.78, 5) is 47.1. The molecule has 32 heavy (non-hydrogen) atoms. The second kappa shape index (κ2) is 12.2. The van der Waals surface area contributed by atoms with Crippen LogP contribution in [0, 0.1) is 0 Å². The molecular weight excluding hydrogens is 426 g/mol. The second-order valence-corrected chi connectivity index (χ2v) is 7.73. The van der Waals surface area contributed by atoms with Gasteiger partial charge in [-0.1, -0.05) is 0 Å². The molecule has 0 atom stereocenters. The van der Waals surface area contributed by atoms with Crippen LogP contribution in [0.1, 0.15) is 0 Å². The molecule has 0 amide bonds. The molecule has 0 aromatic carbocycles. The highest BCUT2D eigenvalue weighted by atomic mass is 16.7. The van der Waals surface area contributed by atoms with Gasteiger partial charge in [0.15, 0.2) is 0 Å². The fraction of sp³-hybridized carbons (Fsp3) is 0.632. The van der Waals surface area contributed by atoms with E-state index in [-0.39, 0.29) is 19.6 Å². The quantitative estimate of drug-likeness (QED) is 0.353. The number of likely N-dealkylation sites (N-methyl/N-ethyl adjacent to an activating group) is 1. The smallest absolute Gasteiger partial charge is 0.347 e. The summed E-state index contributed by atoms with van der Waals surface area (Å²) >= 11 is 0. The van der Waals surface area contributed by atoms with Crippen molar-refractivity contribution < 1.29 is 39.6 Å². The molecule has 0 spiro atoms. The molecule has 0 aliphatic carbocycles. The lowest BCUT2D eigenvalue weighted by atomic mass is 10.3. The van der Waals surface area contributed by atoms with Crippen LogP contribution < -0.4 is 4.84 Å². The van der Waals surface area contributed by atoms with Crippen molar-refractivity contribution in [1.29, 1.82) is 0 Å². The predicted molar refractivity (Wildman–Crippen MR) is 111 cm³/mol. The van der Waals surface area contributed by atoms with Gasteiger partial charge in [-0.25, -0.2) is 4.79 Å². The van der Waals surface area contributed by atoms with E-state index in [0.717, 1.165) is 0 Å². The number of aliphatic carboxylic acids is 2. The number of rotatable bonds is 7. The zero-order valence-electron chi connectivity index (χ0n) is 18.1. The van der Waals surface area contributed by atoms with Crippen molar-refractivity contribution in [2.24, 2.45) is 0 Å². The monoisotopic (exact) mass is 457 g/mol. The third-order valence-corrected chi connectivity index (χ3v) is 5.12. The van der Waals surface area contributed by atoms with Gasteiger partial charge in [0.1, 0.15) is 0 Å². The number of aromatic hydroxyl groups is 2. The standard InChI is InChI=1S/C19H31N5O8/c1-20-4-6-21(12-17(27)28)8-9-22(13-18(29)30)10-11-23(7-5-20)14-19(31)32-24-15(25)2-3-16(24)26/h2-3,25-26H,4-14H2,1H3,(H,27,28)(H,29,30). The largest absolute Gasteiger partial charge is 0.492 e. The second-order valence-electron chi connectivity index (χ2n) is 7.73. The molecule has 4 N–H and O–H groups in total. The van der Waals surface area contributed by atoms with E-state index in [2.05, 4.69) is 0 Å². The van der Waals surface area contributed by atoms with Gasteiger partial charge >= 0.3 is 17.9 Å². The molecule has 13 nitrogen and oxygen atoms in total. The number of carboxylic acid groups (broad SMARTS) is 2. The predicted octanol–water partition coefficient (Wildman–Crippen LogP) is -2.12. The molecule has 2 heterocycles. The van der Waals surface area contributed by atoms with E-state index in [0.29, 0.717) is 57.1 Å². The van der Waals surface area contributed by atoms with Gasteiger partial charge in [-0.3, -0.25) is 24.3 Å². The molecule has 0 unspecified atom stereocenters. The minimum atomic E-state index is -0.994. The van der Waals surface area contributed by atoms with E-state index in [1.165, 1.54) is 12.1 Å². The van der Waals surface area contributed by atoms with E-state index in [9.17, 15) is 29.7 Å². The summed E-state index contributed by atoms with van der Waals surface area (Å²) < 4.78 is 0.624. The number of aromatic nitrogens is 1. The van der Waals surface area contributed by atoms with Crippen LogP contribution in [0.3, 0.4) is 0 Å². The van der Waals surface area contributed by atoms with Crippen LogP contribution in [0.2, 0.25) is 0 Å². The van der Waals surface area contributed by atoms with Gasteiger partial charge in [0, 0.05) is 64.5 Å². The van der Waals surface area contributed by atoms with Crippen molar-refractivity contribution in [3.63, 3.8) is 0 Å². The highest BCUT2D eigenvalue weighted by molar-refractivity contribution is 5.72. The van der Waals surface area contributed by atoms with Crippen LogP contribution in [0.4, 0.5) is 0 Å². The third-order valence-electron chi connectivity index (χ3n) is 5.12. The molecule has 0 bridgehead atoms. The van der Waals surface area contributed by atoms with Crippen LogP contribution in [0.5, 0.6) is 11.8 Å². The Morgan fingerprint density at radius 2 is 1.12 bits per heavy atom. The van der Waals surface area contributed by atoms with E-state index >= 15 is 0 Å². The number of carbonyl (C=O) groups excluding carboxylic acids is 1. The first-order valence-electron chi connectivity index (χ1n) is 10.2. The minimum Gasteiger partial charge on any atom is -0.492 e. The summed E-state index contributed by atoms with van der Waals surface area (Å²) in [6.45, 7) is 3.24. The highest BCUT2D eigenvalue weighted by Gasteiger charge is 2.20. The van der Waals surface area contributed by atoms with Gasteiger partial charge in [-0.2, -0.15) is 0 Å². The Balaban J connectivity index is 2.04. The Bertz CT molecular complexity index is 766. The van der Waals surface area contributed by atoms with Crippen LogP contribution in [-0.2, 0) is 14.4 Å². The minimum absolute atomic E-state index is 0.119. The summed E-state index contributed by atoms with van der Waals surface area (Å²) in [7, 11) is 1.90. The zero-order valence-corrected chi connectivity index (χ0v) is 18.1. The van der Waals surface area contributed by atoms with Crippen molar-refractivity contribution in [3.05, 3.63) is 12.1 Å². The normalized spacial score (nSPS) is 18.5. The van der Waals surface area contributed by atoms with E-state index in [4.69, 9.17) is 9.94 Å². The number of nitrogens with zero attached hydrogens (tertiary/aromatic N) is 5. The Hall–Kier alpha value is -2.87. The van der Waals surface area contributed by atoms with Crippen LogP contribution in [0.25, 0.3) is 0 Å². The molecule has 1 aromatic heterocycles. The van der Waals surface area contributed by atoms with Crippen molar-refractivity contribution >= 4 is 17.9 Å². The zero-order chi connectivity index (χ0) is 23.7. The summed E-state index contributed by atoms with van der Waals surface area (Å²) in [5.74, 6) is -3.45. The van der Waals surface area contributed by atoms with Gasteiger partial charge in [-0.05, 0) is 7.05 Å². The summed E-state index contributed by atoms with van der Waals surface area (Å²) in [5, 5.41) is 37.6. The Morgan fingerprint density at radius 1 is 0.750 bits per heavy atom. The first kappa shape index (κ1) is 25.4. The average Bonchev–Trinajstić information content (AvgIpc) is 3.01. The van der Waals surface area contributed by atoms with Gasteiger partial charge in [-0.15, -0.1) is 4.73 Å². The third kappa shape index (κ3) is 8.70. The first-order chi connectivity index (χ1) is 15.1. The maximum atomic E-state index is 12.4. The van der Waals surface area contributed by atoms with E-state index in [1.807, 2.05) is 16.8 Å². The van der Waals surface area contributed by atoms with Crippen molar-refractivity contribution in [2.45, 2.75) is 0 Å². The van der Waals surface area contributed by atoms with Crippen molar-refractivity contribution in [1.82, 2.24) is 24.3 Å². The molecule has 2 rings (SSSR count). The van der Waals surface area contributed by atoms with Crippen molar-refractivity contribution in [3.8, 4) is 11.8 Å². The molecule has 1 aliphatic heterocycles. The first-order valence-corrected chi connectivity index (χ1v) is 10.2. The molecule has 1 aromatic rings. The molecular formula is C19H31N5O8. The van der Waals surface area contributed by atoms with Gasteiger partial charge in [0.2, 0.25) is 11.8 Å². The molecule has 0 radical (unpaired) electrons. The maximum Gasteiger partial charge on any atom is 0.347 e. The molecule has 0 saturated carbocycles. The van der Waals surface area contributed by atoms with Crippen molar-refractivity contribution in [2.75, 3.05) is 79.0 Å². The van der Waals surface area contributed by atoms with Crippen LogP contribution in [-0.4, -0.2) is 142 Å². The lowest BCUT2D eigenvalue weighted by Crippen LogP contribution is -2.48. The molecule has 180 valence electrons. The topological polar surface area (TPSA) is 159 Å². The SMILES string of the molecule is CN1CCN(CC(=O)O)CCN(CC(=O)O)CCN(CC(=O)On2c(O)ccc2O)CC1. The van der Waals surface area contributed by atoms with Crippen LogP contribution >= 0.6 is 0 Å². The van der Waals surface area contributed by atoms with Gasteiger partial charge < -0.3 is 30.2 Å². The summed E-state index contributed by atoms with van der Waals surface area (Å²) in [6.07, 6.45) is 0. The van der Waals surface area contributed by atoms with E-state index < -0.39 is 29.7 Å². The molecule has 1 aliphatic rings. The molecule has 1 saturated heterocycles. The van der Waals surface area contributed by atoms with Crippen LogP contribution in [0.15, 0.2) is 12.1 Å².